The number of benzene rings is 3. The van der Waals surface area contributed by atoms with Crippen LogP contribution < -0.4 is 9.47 Å². The van der Waals surface area contributed by atoms with Crippen LogP contribution >= 0.6 is 23.4 Å². The van der Waals surface area contributed by atoms with Gasteiger partial charge in [-0.1, -0.05) is 54.6 Å². The van der Waals surface area contributed by atoms with Crippen LogP contribution in [0.15, 0.2) is 72.0 Å². The minimum atomic E-state index is 0.0158. The fourth-order valence-electron chi connectivity index (χ4n) is 4.24. The number of methoxy groups -OCH3 is 1. The van der Waals surface area contributed by atoms with E-state index in [2.05, 4.69) is 28.2 Å². The molecular weight excluding hydrogens is 520 g/mol. The number of halogens is 1. The van der Waals surface area contributed by atoms with Crippen molar-refractivity contribution < 1.29 is 14.3 Å². The third-order valence-electron chi connectivity index (χ3n) is 6.36. The largest absolute Gasteiger partial charge is 0.497 e. The molecule has 2 aromatic heterocycles. The number of nitrogens with one attached hydrogen (secondary N) is 1. The van der Waals surface area contributed by atoms with E-state index < -0.39 is 0 Å². The number of rotatable bonds is 10. The van der Waals surface area contributed by atoms with E-state index >= 15 is 0 Å². The zero-order valence-electron chi connectivity index (χ0n) is 21.3. The van der Waals surface area contributed by atoms with Crippen LogP contribution in [0.1, 0.15) is 34.2 Å². The first kappa shape index (κ1) is 25.9. The fourth-order valence-corrected chi connectivity index (χ4v) is 5.27. The van der Waals surface area contributed by atoms with Crippen molar-refractivity contribution in [1.82, 2.24) is 19.7 Å². The van der Waals surface area contributed by atoms with Gasteiger partial charge in [0.05, 0.1) is 18.6 Å². The Morgan fingerprint density at radius 1 is 1.08 bits per heavy atom. The number of fused-ring (bicyclic) bond motifs is 1. The van der Waals surface area contributed by atoms with Crippen molar-refractivity contribution in [3.63, 3.8) is 0 Å². The van der Waals surface area contributed by atoms with Gasteiger partial charge in [0.2, 0.25) is 0 Å². The molecule has 0 unspecified atom stereocenters. The molecule has 194 valence electrons. The van der Waals surface area contributed by atoms with Crippen molar-refractivity contribution >= 4 is 40.0 Å². The Labute approximate surface area is 230 Å². The number of nitrogens with zero attached hydrogens (tertiary/aromatic N) is 3. The molecule has 9 heteroatoms. The summed E-state index contributed by atoms with van der Waals surface area (Å²) >= 11 is 7.79. The predicted molar refractivity (Wildman–Crippen MR) is 151 cm³/mol. The van der Waals surface area contributed by atoms with Gasteiger partial charge < -0.3 is 14.5 Å². The minimum Gasteiger partial charge on any atom is -0.497 e. The molecule has 0 saturated heterocycles. The maximum atomic E-state index is 13.3. The normalized spacial score (nSPS) is 11.2. The summed E-state index contributed by atoms with van der Waals surface area (Å²) in [5.41, 5.74) is 4.64. The van der Waals surface area contributed by atoms with Gasteiger partial charge >= 0.3 is 0 Å². The number of Topliss-reactive ketones (excluding diaryl/α,β-unsaturated/α-hetero) is 1. The summed E-state index contributed by atoms with van der Waals surface area (Å²) in [7, 11) is 1.62. The smallest absolute Gasteiger partial charge is 0.196 e. The molecule has 0 atom stereocenters. The molecule has 0 aliphatic carbocycles. The van der Waals surface area contributed by atoms with Crippen LogP contribution in [0.4, 0.5) is 0 Å². The van der Waals surface area contributed by atoms with Gasteiger partial charge in [0.25, 0.3) is 0 Å². The second-order valence-electron chi connectivity index (χ2n) is 8.74. The number of hydrogen-bond acceptors (Lipinski definition) is 6. The SMILES string of the molecule is CCc1cccc2c(C(=O)CSc3nnc(COc4ccc(OC)cc4)n3-c3ccc(C)c(Cl)c3)c[nH]c12. The predicted octanol–water partition coefficient (Wildman–Crippen LogP) is 6.84. The molecule has 0 saturated carbocycles. The number of para-hydroxylation sites is 1. The lowest BCUT2D eigenvalue weighted by Gasteiger charge is -2.12. The van der Waals surface area contributed by atoms with Crippen molar-refractivity contribution in [2.24, 2.45) is 0 Å². The third-order valence-corrected chi connectivity index (χ3v) is 7.69. The van der Waals surface area contributed by atoms with Crippen molar-refractivity contribution in [3.8, 4) is 17.2 Å². The Kier molecular flexibility index (Phi) is 7.72. The molecule has 3 aromatic carbocycles. The second-order valence-corrected chi connectivity index (χ2v) is 10.1. The van der Waals surface area contributed by atoms with Crippen molar-refractivity contribution in [2.75, 3.05) is 12.9 Å². The van der Waals surface area contributed by atoms with Gasteiger partial charge in [0.15, 0.2) is 16.8 Å². The molecule has 0 amide bonds. The lowest BCUT2D eigenvalue weighted by Crippen LogP contribution is -2.08. The number of aromatic amines is 1. The lowest BCUT2D eigenvalue weighted by atomic mass is 10.1. The Balaban J connectivity index is 1.40. The van der Waals surface area contributed by atoms with Crippen LogP contribution in [0, 0.1) is 6.92 Å². The van der Waals surface area contributed by atoms with Crippen molar-refractivity contribution in [2.45, 2.75) is 32.0 Å². The summed E-state index contributed by atoms with van der Waals surface area (Å²) in [6.45, 7) is 4.24. The summed E-state index contributed by atoms with van der Waals surface area (Å²) in [6.07, 6.45) is 2.69. The van der Waals surface area contributed by atoms with Gasteiger partial charge in [0, 0.05) is 27.7 Å². The van der Waals surface area contributed by atoms with Gasteiger partial charge in [-0.25, -0.2) is 0 Å². The number of hydrogen-bond donors (Lipinski definition) is 1. The van der Waals surface area contributed by atoms with E-state index in [-0.39, 0.29) is 18.1 Å². The molecule has 0 aliphatic heterocycles. The zero-order valence-corrected chi connectivity index (χ0v) is 22.9. The van der Waals surface area contributed by atoms with E-state index in [1.54, 1.807) is 13.3 Å². The Morgan fingerprint density at radius 3 is 2.61 bits per heavy atom. The number of carbonyl (C=O) groups excluding carboxylic acids is 1. The molecular formula is C29H27ClN4O3S. The molecule has 0 fully saturated rings. The monoisotopic (exact) mass is 546 g/mol. The van der Waals surface area contributed by atoms with Gasteiger partial charge in [-0.3, -0.25) is 9.36 Å². The first-order valence-corrected chi connectivity index (χ1v) is 13.6. The van der Waals surface area contributed by atoms with Crippen LogP contribution in [0.5, 0.6) is 11.5 Å². The van der Waals surface area contributed by atoms with Crippen molar-refractivity contribution in [1.29, 1.82) is 0 Å². The Morgan fingerprint density at radius 2 is 1.87 bits per heavy atom. The lowest BCUT2D eigenvalue weighted by molar-refractivity contribution is 0.102. The maximum Gasteiger partial charge on any atom is 0.196 e. The number of aryl methyl sites for hydroxylation is 2. The summed E-state index contributed by atoms with van der Waals surface area (Å²) in [4.78, 5) is 16.5. The number of carbonyl (C=O) groups is 1. The van der Waals surface area contributed by atoms with Crippen LogP contribution in [0.2, 0.25) is 5.02 Å². The van der Waals surface area contributed by atoms with Crippen LogP contribution in [-0.4, -0.2) is 38.4 Å². The molecule has 0 spiro atoms. The van der Waals surface area contributed by atoms with Crippen LogP contribution in [0.3, 0.4) is 0 Å². The second kappa shape index (κ2) is 11.3. The van der Waals surface area contributed by atoms with Gasteiger partial charge in [0.1, 0.15) is 18.1 Å². The molecule has 2 heterocycles. The highest BCUT2D eigenvalue weighted by atomic mass is 35.5. The Bertz CT molecular complexity index is 1590. The van der Waals surface area contributed by atoms with Crippen molar-refractivity contribution in [3.05, 3.63) is 94.4 Å². The van der Waals surface area contributed by atoms with E-state index in [1.165, 1.54) is 17.3 Å². The highest BCUT2D eigenvalue weighted by Crippen LogP contribution is 2.29. The van der Waals surface area contributed by atoms with Gasteiger partial charge in [-0.05, 0) is 60.9 Å². The quantitative estimate of drug-likeness (QED) is 0.153. The highest BCUT2D eigenvalue weighted by Gasteiger charge is 2.19. The van der Waals surface area contributed by atoms with E-state index in [9.17, 15) is 4.79 Å². The molecule has 7 nitrogen and oxygen atoms in total. The summed E-state index contributed by atoms with van der Waals surface area (Å²) in [6, 6.07) is 19.2. The number of ketones is 1. The molecule has 0 radical (unpaired) electrons. The van der Waals surface area contributed by atoms with Gasteiger partial charge in [-0.15, -0.1) is 10.2 Å². The maximum absolute atomic E-state index is 13.3. The molecule has 5 aromatic rings. The van der Waals surface area contributed by atoms with Crippen LogP contribution in [-0.2, 0) is 13.0 Å². The average Bonchev–Trinajstić information content (AvgIpc) is 3.56. The molecule has 0 aliphatic rings. The number of thioether (sulfide) groups is 1. The number of aromatic nitrogens is 4. The first-order valence-electron chi connectivity index (χ1n) is 12.2. The highest BCUT2D eigenvalue weighted by molar-refractivity contribution is 7.99. The van der Waals surface area contributed by atoms with Gasteiger partial charge in [-0.2, -0.15) is 0 Å². The standard InChI is InChI=1S/C29H27ClN4O3S/c1-4-19-6-5-7-23-24(15-31-28(19)23)26(35)17-38-29-33-32-27(16-37-22-12-10-21(36-3)11-13-22)34(29)20-9-8-18(2)25(30)14-20/h5-15,31H,4,16-17H2,1-3H3. The van der Waals surface area contributed by atoms with Crippen LogP contribution in [0.25, 0.3) is 16.6 Å². The fraction of sp³-hybridized carbons (Fsp3) is 0.207. The summed E-state index contributed by atoms with van der Waals surface area (Å²) in [5, 5.41) is 10.9. The third kappa shape index (κ3) is 5.28. The molecule has 38 heavy (non-hydrogen) atoms. The topological polar surface area (TPSA) is 82.0 Å². The first-order chi connectivity index (χ1) is 18.5. The number of ether oxygens (including phenoxy) is 2. The Hall–Kier alpha value is -3.75. The summed E-state index contributed by atoms with van der Waals surface area (Å²) < 4.78 is 13.1. The molecule has 1 N–H and O–H groups in total. The van der Waals surface area contributed by atoms with E-state index in [1.807, 2.05) is 66.1 Å². The minimum absolute atomic E-state index is 0.0158. The molecule has 0 bridgehead atoms. The summed E-state index contributed by atoms with van der Waals surface area (Å²) in [5.74, 6) is 2.24. The number of H-pyrrole nitrogens is 1. The zero-order chi connectivity index (χ0) is 26.6. The van der Waals surface area contributed by atoms with E-state index in [0.29, 0.717) is 27.3 Å². The van der Waals surface area contributed by atoms with E-state index in [4.69, 9.17) is 21.1 Å². The molecule has 5 rings (SSSR count). The average molecular weight is 547 g/mol. The van der Waals surface area contributed by atoms with E-state index in [0.717, 1.165) is 34.3 Å².